The van der Waals surface area contributed by atoms with E-state index in [2.05, 4.69) is 10.3 Å². The van der Waals surface area contributed by atoms with E-state index in [0.29, 0.717) is 33.6 Å². The fourth-order valence-corrected chi connectivity index (χ4v) is 5.70. The Morgan fingerprint density at radius 2 is 1.97 bits per heavy atom. The molecule has 0 bridgehead atoms. The molecule has 0 spiro atoms. The third-order valence-corrected chi connectivity index (χ3v) is 7.77. The molecule has 3 heterocycles. The van der Waals surface area contributed by atoms with Gasteiger partial charge in [0.2, 0.25) is 0 Å². The lowest BCUT2D eigenvalue weighted by Gasteiger charge is -2.37. The number of halogens is 2. The smallest absolute Gasteiger partial charge is 0.356 e. The number of methoxy groups -OCH3 is 1. The SMILES string of the molecule is COc1ccccc1-c1nc(C(=O)O)c2n1C(C)=C1C(=CC=C(Cl)C1C)C2Nc1cc(Cl)c(=O)n(CCO)c1. The predicted octanol–water partition coefficient (Wildman–Crippen LogP) is 5.16. The first-order valence-corrected chi connectivity index (χ1v) is 13.0. The van der Waals surface area contributed by atoms with E-state index < -0.39 is 17.6 Å². The van der Waals surface area contributed by atoms with Gasteiger partial charge < -0.3 is 24.8 Å². The van der Waals surface area contributed by atoms with Crippen molar-refractivity contribution >= 4 is 40.6 Å². The first-order chi connectivity index (χ1) is 18.7. The Balaban J connectivity index is 1.80. The molecule has 2 unspecified atom stereocenters. The van der Waals surface area contributed by atoms with Gasteiger partial charge in [-0.05, 0) is 42.3 Å². The molecule has 3 aromatic rings. The van der Waals surface area contributed by atoms with Gasteiger partial charge in [-0.2, -0.15) is 0 Å². The fourth-order valence-electron chi connectivity index (χ4n) is 5.30. The number of carboxylic acids is 1. The maximum absolute atomic E-state index is 12.6. The molecule has 9 nitrogen and oxygen atoms in total. The molecule has 3 N–H and O–H groups in total. The van der Waals surface area contributed by atoms with Gasteiger partial charge in [-0.1, -0.05) is 48.3 Å². The van der Waals surface area contributed by atoms with Gasteiger partial charge in [0.1, 0.15) is 16.6 Å². The molecule has 1 aliphatic carbocycles. The van der Waals surface area contributed by atoms with Crippen molar-refractivity contribution in [2.75, 3.05) is 19.0 Å². The Bertz CT molecular complexity index is 1650. The lowest BCUT2D eigenvalue weighted by Crippen LogP contribution is -2.30. The number of imidazole rings is 1. The highest BCUT2D eigenvalue weighted by Crippen LogP contribution is 2.49. The minimum atomic E-state index is -1.19. The fraction of sp³-hybridized carbons (Fsp3) is 0.250. The molecule has 1 aromatic carbocycles. The van der Waals surface area contributed by atoms with E-state index in [0.717, 1.165) is 16.8 Å². The van der Waals surface area contributed by atoms with Crippen LogP contribution in [0.3, 0.4) is 0 Å². The number of hydrogen-bond donors (Lipinski definition) is 3. The van der Waals surface area contributed by atoms with Crippen LogP contribution in [0.2, 0.25) is 5.02 Å². The first kappa shape index (κ1) is 26.8. The van der Waals surface area contributed by atoms with Crippen LogP contribution in [0.1, 0.15) is 36.1 Å². The van der Waals surface area contributed by atoms with E-state index in [1.165, 1.54) is 10.6 Å². The normalized spacial score (nSPS) is 18.2. The highest BCUT2D eigenvalue weighted by atomic mass is 35.5. The number of hydrogen-bond acceptors (Lipinski definition) is 6. The molecule has 0 saturated heterocycles. The summed E-state index contributed by atoms with van der Waals surface area (Å²) in [6.07, 6.45) is 5.22. The number of nitrogens with zero attached hydrogens (tertiary/aromatic N) is 3. The Labute approximate surface area is 234 Å². The van der Waals surface area contributed by atoms with Crippen molar-refractivity contribution in [3.05, 3.63) is 91.6 Å². The Kier molecular flexibility index (Phi) is 7.15. The largest absolute Gasteiger partial charge is 0.496 e. The van der Waals surface area contributed by atoms with Crippen molar-refractivity contribution in [1.29, 1.82) is 0 Å². The van der Waals surface area contributed by atoms with Crippen molar-refractivity contribution in [2.45, 2.75) is 26.4 Å². The van der Waals surface area contributed by atoms with Crippen LogP contribution in [0, 0.1) is 5.92 Å². The number of allylic oxidation sites excluding steroid dienone is 4. The van der Waals surface area contributed by atoms with Gasteiger partial charge in [-0.25, -0.2) is 9.78 Å². The molecule has 0 fully saturated rings. The number of carboxylic acid groups (broad SMARTS) is 1. The van der Waals surface area contributed by atoms with Crippen LogP contribution in [-0.2, 0) is 6.54 Å². The summed E-state index contributed by atoms with van der Waals surface area (Å²) in [5.74, 6) is -0.401. The van der Waals surface area contributed by atoms with E-state index in [1.807, 2.05) is 42.7 Å². The van der Waals surface area contributed by atoms with Crippen LogP contribution in [0.25, 0.3) is 17.1 Å². The number of fused-ring (bicyclic) bond motifs is 2. The van der Waals surface area contributed by atoms with E-state index in [9.17, 15) is 19.8 Å². The second-order valence-electron chi connectivity index (χ2n) is 9.28. The molecule has 5 rings (SSSR count). The van der Waals surface area contributed by atoms with Crippen molar-refractivity contribution in [2.24, 2.45) is 5.92 Å². The summed E-state index contributed by atoms with van der Waals surface area (Å²) in [6, 6.07) is 8.08. The average Bonchev–Trinajstić information content (AvgIpc) is 3.32. The number of pyridine rings is 1. The van der Waals surface area contributed by atoms with Crippen LogP contribution in [0.4, 0.5) is 5.69 Å². The second kappa shape index (κ2) is 10.4. The van der Waals surface area contributed by atoms with Crippen LogP contribution < -0.4 is 15.6 Å². The molecular formula is C28H26Cl2N4O5. The quantitative estimate of drug-likeness (QED) is 0.360. The van der Waals surface area contributed by atoms with Gasteiger partial charge in [0.05, 0.1) is 36.7 Å². The van der Waals surface area contributed by atoms with Crippen molar-refractivity contribution < 1.29 is 19.7 Å². The Morgan fingerprint density at radius 1 is 1.23 bits per heavy atom. The number of rotatable bonds is 7. The average molecular weight is 569 g/mol. The summed E-state index contributed by atoms with van der Waals surface area (Å²) in [4.78, 5) is 29.7. The number of benzene rings is 1. The molecule has 11 heteroatoms. The van der Waals surface area contributed by atoms with Crippen LogP contribution >= 0.6 is 23.2 Å². The van der Waals surface area contributed by atoms with Crippen LogP contribution in [-0.4, -0.2) is 44.0 Å². The molecule has 2 aliphatic rings. The summed E-state index contributed by atoms with van der Waals surface area (Å²) in [7, 11) is 1.55. The number of aromatic carboxylic acids is 1. The van der Waals surface area contributed by atoms with E-state index >= 15 is 0 Å². The van der Waals surface area contributed by atoms with Gasteiger partial charge in [0.15, 0.2) is 5.69 Å². The van der Waals surface area contributed by atoms with Gasteiger partial charge >= 0.3 is 5.97 Å². The molecule has 202 valence electrons. The van der Waals surface area contributed by atoms with E-state index in [1.54, 1.807) is 25.4 Å². The summed E-state index contributed by atoms with van der Waals surface area (Å²) >= 11 is 12.8. The molecular weight excluding hydrogens is 543 g/mol. The zero-order valence-corrected chi connectivity index (χ0v) is 22.9. The number of para-hydroxylation sites is 1. The highest BCUT2D eigenvalue weighted by Gasteiger charge is 2.40. The molecule has 39 heavy (non-hydrogen) atoms. The molecule has 0 amide bonds. The van der Waals surface area contributed by atoms with E-state index in [4.69, 9.17) is 27.9 Å². The third kappa shape index (κ3) is 4.46. The minimum Gasteiger partial charge on any atom is -0.496 e. The lowest BCUT2D eigenvalue weighted by molar-refractivity contribution is 0.0689. The molecule has 0 saturated carbocycles. The summed E-state index contributed by atoms with van der Waals surface area (Å²) in [5, 5.41) is 23.7. The lowest BCUT2D eigenvalue weighted by atomic mass is 9.80. The van der Waals surface area contributed by atoms with Gasteiger partial charge in [0, 0.05) is 29.4 Å². The monoisotopic (exact) mass is 568 g/mol. The van der Waals surface area contributed by atoms with Gasteiger partial charge in [-0.15, -0.1) is 0 Å². The van der Waals surface area contributed by atoms with Crippen LogP contribution in [0.5, 0.6) is 5.75 Å². The maximum Gasteiger partial charge on any atom is 0.356 e. The standard InChI is InChI=1S/C28H26Cl2N4O5/c1-14-19(29)9-8-18-22(14)15(2)34-25(23(18)31-16-12-20(30)27(36)33(13-16)10-11-35)24(28(37)38)32-26(34)17-6-4-5-7-21(17)39-3/h4-9,12-14,23,31,35H,10-11H2,1-3H3,(H,37,38). The topological polar surface area (TPSA) is 119 Å². The van der Waals surface area contributed by atoms with Crippen molar-refractivity contribution in [1.82, 2.24) is 14.1 Å². The molecule has 2 atom stereocenters. The summed E-state index contributed by atoms with van der Waals surface area (Å²) in [6.45, 7) is 3.71. The van der Waals surface area contributed by atoms with E-state index in [-0.39, 0.29) is 29.8 Å². The molecule has 0 radical (unpaired) electrons. The zero-order valence-electron chi connectivity index (χ0n) is 21.4. The number of nitrogens with one attached hydrogen (secondary N) is 1. The summed E-state index contributed by atoms with van der Waals surface area (Å²) in [5.41, 5.74) is 3.47. The van der Waals surface area contributed by atoms with Gasteiger partial charge in [0.25, 0.3) is 5.56 Å². The number of ether oxygens (including phenoxy) is 1. The number of carbonyl (C=O) groups is 1. The maximum atomic E-state index is 12.6. The highest BCUT2D eigenvalue weighted by molar-refractivity contribution is 6.31. The molecule has 2 aromatic heterocycles. The predicted molar refractivity (Wildman–Crippen MR) is 150 cm³/mol. The Hall–Kier alpha value is -3.79. The van der Waals surface area contributed by atoms with Crippen LogP contribution in [0.15, 0.2) is 69.7 Å². The van der Waals surface area contributed by atoms with Crippen molar-refractivity contribution in [3.8, 4) is 17.1 Å². The van der Waals surface area contributed by atoms with Gasteiger partial charge in [-0.3, -0.25) is 9.36 Å². The first-order valence-electron chi connectivity index (χ1n) is 12.2. The number of aromatic nitrogens is 3. The zero-order chi connectivity index (χ0) is 28.0. The number of aliphatic hydroxyl groups excluding tert-OH is 1. The Morgan fingerprint density at radius 3 is 2.67 bits per heavy atom. The van der Waals surface area contributed by atoms with Crippen molar-refractivity contribution in [3.63, 3.8) is 0 Å². The third-order valence-electron chi connectivity index (χ3n) is 7.05. The number of anilines is 1. The second-order valence-corrected chi connectivity index (χ2v) is 10.1. The summed E-state index contributed by atoms with van der Waals surface area (Å²) < 4.78 is 8.72. The minimum absolute atomic E-state index is 0.0354. The number of aliphatic hydroxyl groups is 1. The molecule has 1 aliphatic heterocycles.